The Bertz CT molecular complexity index is 261. The summed E-state index contributed by atoms with van der Waals surface area (Å²) in [6.07, 6.45) is 0. The van der Waals surface area contributed by atoms with Crippen LogP contribution in [0, 0.1) is 5.16 Å². The highest BCUT2D eigenvalue weighted by atomic mass is 31.3. The Hall–Kier alpha value is 0.450. The third-order valence-corrected chi connectivity index (χ3v) is 5.90. The number of rotatable bonds is 0. The Morgan fingerprint density at radius 3 is 2.00 bits per heavy atom. The van der Waals surface area contributed by atoms with Crippen molar-refractivity contribution in [3.63, 3.8) is 0 Å². The van der Waals surface area contributed by atoms with E-state index in [4.69, 9.17) is 14.9 Å². The number of hydrogen-bond acceptors (Lipinski definition) is 6. The Balaban J connectivity index is 3.05. The molecule has 0 aromatic rings. The average molecular weight is 238 g/mol. The minimum Gasteiger partial charge on any atom is -0.318 e. The average Bonchev–Trinajstić information content (AvgIpc) is 1.44. The number of phosphoric acid groups is 1. The molecular formula is H5N2O7P3. The first-order valence-corrected chi connectivity index (χ1v) is 7.03. The molecule has 1 rings (SSSR count). The van der Waals surface area contributed by atoms with E-state index in [0.717, 1.165) is 0 Å². The number of nitrogens with one attached hydrogen (secondary N) is 1. The van der Waals surface area contributed by atoms with Gasteiger partial charge in [0.1, 0.15) is 0 Å². The Labute approximate surface area is 66.7 Å². The van der Waals surface area contributed by atoms with E-state index in [9.17, 15) is 9.13 Å². The highest BCUT2D eigenvalue weighted by molar-refractivity contribution is 7.76. The molecular weight excluding hydrogens is 233 g/mol. The predicted octanol–water partition coefficient (Wildman–Crippen LogP) is 0.734. The molecule has 0 spiro atoms. The molecule has 1 fully saturated rings. The maximum absolute atomic E-state index is 10.7. The summed E-state index contributed by atoms with van der Waals surface area (Å²) in [6.45, 7) is 0. The third-order valence-electron chi connectivity index (χ3n) is 0.655. The van der Waals surface area contributed by atoms with Gasteiger partial charge in [-0.2, -0.15) is 4.31 Å². The van der Waals surface area contributed by atoms with Gasteiger partial charge in [0.2, 0.25) is 0 Å². The molecule has 5 N–H and O–H groups in total. The van der Waals surface area contributed by atoms with Crippen molar-refractivity contribution in [2.24, 2.45) is 5.50 Å². The molecule has 0 bridgehead atoms. The summed E-state index contributed by atoms with van der Waals surface area (Å²) in [4.78, 5) is 17.3. The summed E-state index contributed by atoms with van der Waals surface area (Å²) >= 11 is 0. The van der Waals surface area contributed by atoms with Gasteiger partial charge in [0.15, 0.2) is 0 Å². The van der Waals surface area contributed by atoms with Gasteiger partial charge in [-0.15, -0.1) is 0 Å². The van der Waals surface area contributed by atoms with Crippen LogP contribution in [0.4, 0.5) is 0 Å². The van der Waals surface area contributed by atoms with Crippen LogP contribution in [0.15, 0.2) is 0 Å². The van der Waals surface area contributed by atoms with Gasteiger partial charge < -0.3 is 9.79 Å². The largest absolute Gasteiger partial charge is 0.488 e. The van der Waals surface area contributed by atoms with Gasteiger partial charge in [-0.3, -0.25) is 0 Å². The monoisotopic (exact) mass is 238 g/mol. The van der Waals surface area contributed by atoms with Crippen LogP contribution in [0.1, 0.15) is 0 Å². The van der Waals surface area contributed by atoms with E-state index >= 15 is 0 Å². The molecule has 9 nitrogen and oxygen atoms in total. The standard InChI is InChI=1S/H5N2O7P3/c1-10(3)7-11(2,4)9-12(5,6)8-10/h(H2,1,3)(H2,2,4)(H,5,6). The minimum atomic E-state index is -4.73. The van der Waals surface area contributed by atoms with E-state index in [1.54, 1.807) is 0 Å². The van der Waals surface area contributed by atoms with Crippen molar-refractivity contribution in [1.82, 2.24) is 0 Å². The van der Waals surface area contributed by atoms with Crippen molar-refractivity contribution in [2.75, 3.05) is 0 Å². The lowest BCUT2D eigenvalue weighted by Crippen LogP contribution is -2.08. The van der Waals surface area contributed by atoms with Gasteiger partial charge in [0.25, 0.3) is 0 Å². The van der Waals surface area contributed by atoms with Crippen molar-refractivity contribution in [3.05, 3.63) is 0 Å². The predicted molar refractivity (Wildman–Crippen MR) is 36.7 cm³/mol. The lowest BCUT2D eigenvalue weighted by molar-refractivity contribution is 0.216. The second kappa shape index (κ2) is 2.72. The second-order valence-electron chi connectivity index (χ2n) is 1.77. The van der Waals surface area contributed by atoms with E-state index in [2.05, 4.69) is 18.4 Å². The zero-order chi connectivity index (χ0) is 9.62. The lowest BCUT2D eigenvalue weighted by atomic mass is 13.9. The fourth-order valence-corrected chi connectivity index (χ4v) is 5.15. The summed E-state index contributed by atoms with van der Waals surface area (Å²) in [7, 11) is -13.4. The molecule has 0 amide bonds. The minimum absolute atomic E-state index is 3.74. The van der Waals surface area contributed by atoms with Gasteiger partial charge in [0.05, 0.1) is 0 Å². The molecule has 0 aromatic heterocycles. The van der Waals surface area contributed by atoms with Crippen LogP contribution < -0.4 is 5.50 Å². The van der Waals surface area contributed by atoms with Crippen LogP contribution in [0.25, 0.3) is 0 Å². The molecule has 1 heterocycles. The first kappa shape index (κ1) is 10.5. The summed E-state index contributed by atoms with van der Waals surface area (Å²) in [5.41, 5.74) is 4.68. The number of nitrogens with two attached hydrogens (primary N) is 1. The highest BCUT2D eigenvalue weighted by Gasteiger charge is 2.48. The third kappa shape index (κ3) is 2.74. The van der Waals surface area contributed by atoms with Gasteiger partial charge >= 0.3 is 23.3 Å². The molecule has 3 unspecified atom stereocenters. The summed E-state index contributed by atoms with van der Waals surface area (Å²) in [5.74, 6) is 0. The van der Waals surface area contributed by atoms with Crippen LogP contribution in [0.2, 0.25) is 0 Å². The molecule has 0 radical (unpaired) electrons. The van der Waals surface area contributed by atoms with Crippen molar-refractivity contribution in [3.8, 4) is 0 Å². The van der Waals surface area contributed by atoms with Gasteiger partial charge in [-0.05, 0) is 0 Å². The maximum Gasteiger partial charge on any atom is 0.488 e. The second-order valence-corrected chi connectivity index (χ2v) is 6.79. The van der Waals surface area contributed by atoms with Crippen molar-refractivity contribution in [1.29, 1.82) is 5.16 Å². The van der Waals surface area contributed by atoms with Crippen LogP contribution in [-0.4, -0.2) is 9.79 Å². The molecule has 12 heteroatoms. The summed E-state index contributed by atoms with van der Waals surface area (Å²) in [6, 6.07) is 0. The fourth-order valence-electron chi connectivity index (χ4n) is 0.483. The van der Waals surface area contributed by atoms with Crippen LogP contribution in [-0.2, 0) is 22.1 Å². The van der Waals surface area contributed by atoms with E-state index in [1.165, 1.54) is 0 Å². The smallest absolute Gasteiger partial charge is 0.318 e. The molecule has 0 saturated carbocycles. The van der Waals surface area contributed by atoms with Crippen molar-refractivity contribution in [2.45, 2.75) is 0 Å². The van der Waals surface area contributed by atoms with Gasteiger partial charge in [-0.25, -0.2) is 28.4 Å². The molecule has 12 heavy (non-hydrogen) atoms. The van der Waals surface area contributed by atoms with Crippen LogP contribution in [0.5, 0.6) is 0 Å². The van der Waals surface area contributed by atoms with Crippen molar-refractivity contribution < 1.29 is 31.8 Å². The first-order valence-electron chi connectivity index (χ1n) is 2.34. The molecule has 1 aliphatic heterocycles. The molecule has 1 aliphatic rings. The number of hydrogen-bond donors (Lipinski definition) is 4. The van der Waals surface area contributed by atoms with E-state index in [1.807, 2.05) is 0 Å². The van der Waals surface area contributed by atoms with Gasteiger partial charge in [0, 0.05) is 0 Å². The zero-order valence-electron chi connectivity index (χ0n) is 5.35. The molecule has 0 aliphatic carbocycles. The van der Waals surface area contributed by atoms with Crippen LogP contribution >= 0.6 is 23.3 Å². The van der Waals surface area contributed by atoms with Gasteiger partial charge in [-0.1, -0.05) is 0 Å². The molecule has 3 atom stereocenters. The van der Waals surface area contributed by atoms with E-state index in [-0.39, 0.29) is 0 Å². The topological polar surface area (TPSA) is 152 Å². The molecule has 0 aromatic carbocycles. The Morgan fingerprint density at radius 1 is 1.17 bits per heavy atom. The maximum atomic E-state index is 10.7. The first-order chi connectivity index (χ1) is 5.12. The Kier molecular flexibility index (Phi) is 2.38. The molecule has 1 saturated heterocycles. The normalized spacial score (nSPS) is 55.2. The zero-order valence-corrected chi connectivity index (χ0v) is 8.04. The Morgan fingerprint density at radius 2 is 1.67 bits per heavy atom. The van der Waals surface area contributed by atoms with Crippen LogP contribution in [0.3, 0.4) is 0 Å². The van der Waals surface area contributed by atoms with Crippen molar-refractivity contribution >= 4 is 23.3 Å². The highest BCUT2D eigenvalue weighted by Crippen LogP contribution is 2.77. The molecule has 72 valence electrons. The fraction of sp³-hybridized carbons (Fsp3) is 0. The van der Waals surface area contributed by atoms with E-state index < -0.39 is 23.3 Å². The lowest BCUT2D eigenvalue weighted by Gasteiger charge is -2.26. The summed E-state index contributed by atoms with van der Waals surface area (Å²) < 4.78 is 32.7. The SMILES string of the molecule is N=P1(O)OP(N)(=O)OP(=O)(O)O1. The summed E-state index contributed by atoms with van der Waals surface area (Å²) in [5, 5.41) is 6.70. The van der Waals surface area contributed by atoms with E-state index in [0.29, 0.717) is 0 Å². The quantitative estimate of drug-likeness (QED) is 0.450.